The lowest BCUT2D eigenvalue weighted by atomic mass is 10.4. The Morgan fingerprint density at radius 3 is 2.73 bits per heavy atom. The van der Waals surface area contributed by atoms with Gasteiger partial charge < -0.3 is 5.43 Å². The predicted octanol–water partition coefficient (Wildman–Crippen LogP) is 0.770. The van der Waals surface area contributed by atoms with Crippen molar-refractivity contribution in [3.05, 3.63) is 35.0 Å². The van der Waals surface area contributed by atoms with E-state index in [1.54, 1.807) is 23.3 Å². The Bertz CT molecular complexity index is 437. The molecule has 6 nitrogen and oxygen atoms in total. The van der Waals surface area contributed by atoms with Crippen molar-refractivity contribution in [1.82, 2.24) is 19.7 Å². The molecule has 0 unspecified atom stereocenters. The molecule has 0 aliphatic heterocycles. The average molecular weight is 269 g/mol. The van der Waals surface area contributed by atoms with E-state index >= 15 is 0 Å². The van der Waals surface area contributed by atoms with Gasteiger partial charge in [0, 0.05) is 6.20 Å². The number of rotatable bonds is 3. The van der Waals surface area contributed by atoms with Gasteiger partial charge in [0.2, 0.25) is 0 Å². The van der Waals surface area contributed by atoms with Gasteiger partial charge in [-0.05, 0) is 15.9 Å². The highest BCUT2D eigenvalue weighted by Gasteiger charge is 1.99. The maximum Gasteiger partial charge on any atom is 0.158 e. The molecular weight excluding hydrogens is 260 g/mol. The number of hydrogen-bond donors (Lipinski definition) is 2. The molecule has 0 atom stereocenters. The minimum absolute atomic E-state index is 0.542. The lowest BCUT2D eigenvalue weighted by molar-refractivity contribution is 0.670. The van der Waals surface area contributed by atoms with Gasteiger partial charge in [-0.1, -0.05) is 0 Å². The van der Waals surface area contributed by atoms with Crippen LogP contribution in [0.4, 0.5) is 5.82 Å². The molecule has 0 aliphatic rings. The highest BCUT2D eigenvalue weighted by atomic mass is 79.9. The Labute approximate surface area is 94.6 Å². The summed E-state index contributed by atoms with van der Waals surface area (Å²) in [5.41, 5.74) is 3.24. The van der Waals surface area contributed by atoms with Crippen molar-refractivity contribution in [3.63, 3.8) is 0 Å². The molecule has 0 saturated heterocycles. The summed E-state index contributed by atoms with van der Waals surface area (Å²) in [6, 6.07) is 0. The summed E-state index contributed by atoms with van der Waals surface area (Å²) >= 11 is 3.32. The SMILES string of the molecule is NNc1cnc(Cn2cc(Br)cn2)cn1. The van der Waals surface area contributed by atoms with Crippen LogP contribution in [0.2, 0.25) is 0 Å². The zero-order valence-corrected chi connectivity index (χ0v) is 9.35. The van der Waals surface area contributed by atoms with Crippen molar-refractivity contribution >= 4 is 21.7 Å². The van der Waals surface area contributed by atoms with Gasteiger partial charge in [-0.25, -0.2) is 10.8 Å². The smallest absolute Gasteiger partial charge is 0.158 e. The highest BCUT2D eigenvalue weighted by molar-refractivity contribution is 9.10. The van der Waals surface area contributed by atoms with Crippen molar-refractivity contribution in [2.75, 3.05) is 5.43 Å². The molecule has 3 N–H and O–H groups in total. The highest BCUT2D eigenvalue weighted by Crippen LogP contribution is 2.07. The molecule has 0 saturated carbocycles. The molecule has 0 aliphatic carbocycles. The third kappa shape index (κ3) is 2.51. The molecule has 0 bridgehead atoms. The number of nitrogen functional groups attached to an aromatic ring is 1. The van der Waals surface area contributed by atoms with E-state index in [9.17, 15) is 0 Å². The van der Waals surface area contributed by atoms with Gasteiger partial charge in [-0.2, -0.15) is 5.10 Å². The second kappa shape index (κ2) is 4.37. The van der Waals surface area contributed by atoms with Crippen LogP contribution in [0.25, 0.3) is 0 Å². The second-order valence-electron chi connectivity index (χ2n) is 2.89. The first-order valence-electron chi connectivity index (χ1n) is 4.23. The minimum Gasteiger partial charge on any atom is -0.307 e. The lowest BCUT2D eigenvalue weighted by Gasteiger charge is -2.01. The van der Waals surface area contributed by atoms with Crippen LogP contribution in [0, 0.1) is 0 Å². The fourth-order valence-electron chi connectivity index (χ4n) is 1.10. The predicted molar refractivity (Wildman–Crippen MR) is 58.9 cm³/mol. The summed E-state index contributed by atoms with van der Waals surface area (Å²) in [6.07, 6.45) is 6.83. The zero-order valence-electron chi connectivity index (χ0n) is 7.76. The molecule has 2 aromatic rings. The summed E-state index contributed by atoms with van der Waals surface area (Å²) in [6.45, 7) is 0.587. The fourth-order valence-corrected chi connectivity index (χ4v) is 1.43. The van der Waals surface area contributed by atoms with Crippen molar-refractivity contribution in [1.29, 1.82) is 0 Å². The molecule has 78 valence electrons. The van der Waals surface area contributed by atoms with E-state index in [-0.39, 0.29) is 0 Å². The molecule has 2 aromatic heterocycles. The Morgan fingerprint density at radius 1 is 1.33 bits per heavy atom. The summed E-state index contributed by atoms with van der Waals surface area (Å²) < 4.78 is 2.71. The van der Waals surface area contributed by atoms with Gasteiger partial charge in [-0.15, -0.1) is 0 Å². The molecule has 7 heteroatoms. The van der Waals surface area contributed by atoms with Gasteiger partial charge in [0.05, 0.1) is 35.3 Å². The van der Waals surface area contributed by atoms with Crippen LogP contribution < -0.4 is 11.3 Å². The normalized spacial score (nSPS) is 10.3. The fraction of sp³-hybridized carbons (Fsp3) is 0.125. The standard InChI is InChI=1S/C8H9BrN6/c9-6-1-13-15(4-6)5-7-2-12-8(14-10)3-11-7/h1-4H,5,10H2,(H,12,14). The first-order chi connectivity index (χ1) is 7.28. The number of nitrogens with two attached hydrogens (primary N) is 1. The van der Waals surface area contributed by atoms with Gasteiger partial charge in [0.25, 0.3) is 0 Å². The van der Waals surface area contributed by atoms with Crippen molar-refractivity contribution in [2.24, 2.45) is 5.84 Å². The largest absolute Gasteiger partial charge is 0.307 e. The molecule has 2 rings (SSSR count). The van der Waals surface area contributed by atoms with E-state index in [0.29, 0.717) is 12.4 Å². The lowest BCUT2D eigenvalue weighted by Crippen LogP contribution is -2.10. The van der Waals surface area contributed by atoms with E-state index in [1.165, 1.54) is 0 Å². The van der Waals surface area contributed by atoms with Crippen LogP contribution in [0.3, 0.4) is 0 Å². The van der Waals surface area contributed by atoms with Crippen LogP contribution in [-0.2, 0) is 6.54 Å². The van der Waals surface area contributed by atoms with Crippen LogP contribution in [0.15, 0.2) is 29.3 Å². The number of hydrazine groups is 1. The Morgan fingerprint density at radius 2 is 2.20 bits per heavy atom. The quantitative estimate of drug-likeness (QED) is 0.635. The number of halogens is 1. The van der Waals surface area contributed by atoms with Crippen LogP contribution in [0.5, 0.6) is 0 Å². The first-order valence-corrected chi connectivity index (χ1v) is 5.03. The minimum atomic E-state index is 0.542. The van der Waals surface area contributed by atoms with Crippen molar-refractivity contribution in [2.45, 2.75) is 6.54 Å². The molecule has 15 heavy (non-hydrogen) atoms. The number of aromatic nitrogens is 4. The number of nitrogens with zero attached hydrogens (tertiary/aromatic N) is 4. The van der Waals surface area contributed by atoms with Crippen LogP contribution in [0.1, 0.15) is 5.69 Å². The van der Waals surface area contributed by atoms with E-state index in [4.69, 9.17) is 5.84 Å². The number of anilines is 1. The Kier molecular flexibility index (Phi) is 2.93. The summed E-state index contributed by atoms with van der Waals surface area (Å²) in [5, 5.41) is 4.12. The molecule has 0 spiro atoms. The molecule has 2 heterocycles. The summed E-state index contributed by atoms with van der Waals surface area (Å²) in [5.74, 6) is 5.72. The van der Waals surface area contributed by atoms with Gasteiger partial charge in [0.15, 0.2) is 5.82 Å². The molecular formula is C8H9BrN6. The maximum absolute atomic E-state index is 5.18. The topological polar surface area (TPSA) is 81.6 Å². The average Bonchev–Trinajstić information content (AvgIpc) is 2.65. The van der Waals surface area contributed by atoms with Crippen molar-refractivity contribution in [3.8, 4) is 0 Å². The Balaban J connectivity index is 2.11. The first kappa shape index (κ1) is 10.1. The third-order valence-corrected chi connectivity index (χ3v) is 2.19. The molecule has 0 fully saturated rings. The van der Waals surface area contributed by atoms with Crippen LogP contribution >= 0.6 is 15.9 Å². The van der Waals surface area contributed by atoms with Crippen LogP contribution in [-0.4, -0.2) is 19.7 Å². The van der Waals surface area contributed by atoms with E-state index < -0.39 is 0 Å². The molecule has 0 amide bonds. The monoisotopic (exact) mass is 268 g/mol. The maximum atomic E-state index is 5.18. The number of nitrogens with one attached hydrogen (secondary N) is 1. The number of hydrogen-bond acceptors (Lipinski definition) is 5. The third-order valence-electron chi connectivity index (χ3n) is 1.78. The van der Waals surface area contributed by atoms with Gasteiger partial charge >= 0.3 is 0 Å². The van der Waals surface area contributed by atoms with Gasteiger partial charge in [0.1, 0.15) is 0 Å². The van der Waals surface area contributed by atoms with E-state index in [0.717, 1.165) is 10.2 Å². The van der Waals surface area contributed by atoms with Crippen molar-refractivity contribution < 1.29 is 0 Å². The summed E-state index contributed by atoms with van der Waals surface area (Å²) in [4.78, 5) is 8.22. The molecule has 0 radical (unpaired) electrons. The molecule has 0 aromatic carbocycles. The van der Waals surface area contributed by atoms with Gasteiger partial charge in [-0.3, -0.25) is 9.67 Å². The van der Waals surface area contributed by atoms with E-state index in [2.05, 4.69) is 36.4 Å². The second-order valence-corrected chi connectivity index (χ2v) is 3.81. The summed E-state index contributed by atoms with van der Waals surface area (Å²) in [7, 11) is 0. The van der Waals surface area contributed by atoms with E-state index in [1.807, 2.05) is 6.20 Å². The Hall–Kier alpha value is -1.47. The zero-order chi connectivity index (χ0) is 10.7.